The van der Waals surface area contributed by atoms with E-state index in [0.717, 1.165) is 25.8 Å². The highest BCUT2D eigenvalue weighted by atomic mass is 35.5. The number of aryl methyl sites for hydroxylation is 1. The van der Waals surface area contributed by atoms with E-state index in [0.29, 0.717) is 12.0 Å². The smallest absolute Gasteiger partial charge is 0.0587 e. The van der Waals surface area contributed by atoms with Gasteiger partial charge in [-0.2, -0.15) is 5.26 Å². The Morgan fingerprint density at radius 3 is 2.10 bits per heavy atom. The van der Waals surface area contributed by atoms with Crippen molar-refractivity contribution in [3.63, 3.8) is 0 Å². The maximum atomic E-state index is 7.32. The highest BCUT2D eigenvalue weighted by molar-refractivity contribution is 6.30. The first kappa shape index (κ1) is 23.7. The number of nitrogens with zero attached hydrogens (tertiary/aromatic N) is 2. The Bertz CT molecular complexity index is 745. The summed E-state index contributed by atoms with van der Waals surface area (Å²) < 4.78 is 0. The van der Waals surface area contributed by atoms with Gasteiger partial charge in [0, 0.05) is 19.5 Å². The third-order valence-corrected chi connectivity index (χ3v) is 6.83. The van der Waals surface area contributed by atoms with Crippen LogP contribution in [0.5, 0.6) is 0 Å². The minimum Gasteiger partial charge on any atom is -0.299 e. The summed E-state index contributed by atoms with van der Waals surface area (Å²) in [5.74, 6) is 0.518. The predicted molar refractivity (Wildman–Crippen MR) is 125 cm³/mol. The summed E-state index contributed by atoms with van der Waals surface area (Å²) in [4.78, 5) is 2.43. The molecule has 2 aromatic rings. The summed E-state index contributed by atoms with van der Waals surface area (Å²) in [5.41, 5.74) is 4.17. The van der Waals surface area contributed by atoms with Gasteiger partial charge in [-0.3, -0.25) is 4.90 Å². The summed E-state index contributed by atoms with van der Waals surface area (Å²) in [6, 6.07) is 22.1. The number of hydrogen-bond acceptors (Lipinski definition) is 2. The maximum Gasteiger partial charge on any atom is 0.0587 e. The monoisotopic (exact) mass is 430 g/mol. The molecule has 3 rings (SSSR count). The second-order valence-corrected chi connectivity index (χ2v) is 9.08. The first-order chi connectivity index (χ1) is 13.9. The first-order valence-corrected chi connectivity index (χ1v) is 11.2. The molecule has 156 valence electrons. The fourth-order valence-electron chi connectivity index (χ4n) is 3.79. The molecule has 2 nitrogen and oxygen atoms in total. The molecule has 0 radical (unpaired) electrons. The molecule has 0 heterocycles. The topological polar surface area (TPSA) is 27.0 Å². The second-order valence-electron chi connectivity index (χ2n) is 7.95. The van der Waals surface area contributed by atoms with Crippen LogP contribution in [0.2, 0.25) is 0 Å². The van der Waals surface area contributed by atoms with Crippen molar-refractivity contribution in [2.24, 2.45) is 0 Å². The fourth-order valence-corrected chi connectivity index (χ4v) is 4.42. The van der Waals surface area contributed by atoms with Gasteiger partial charge in [-0.05, 0) is 62.3 Å². The van der Waals surface area contributed by atoms with Crippen LogP contribution in [0.25, 0.3) is 0 Å². The fraction of sp³-hybridized carbons (Fsp3) is 0.480. The van der Waals surface area contributed by atoms with Gasteiger partial charge in [0.25, 0.3) is 0 Å². The molecule has 1 saturated carbocycles. The highest BCUT2D eigenvalue weighted by Gasteiger charge is 2.32. The quantitative estimate of drug-likeness (QED) is 0.453. The van der Waals surface area contributed by atoms with Crippen molar-refractivity contribution < 1.29 is 0 Å². The average molecular weight is 431 g/mol. The number of halogens is 2. The van der Waals surface area contributed by atoms with E-state index in [9.17, 15) is 0 Å². The number of nitriles is 1. The maximum absolute atomic E-state index is 7.32. The van der Waals surface area contributed by atoms with Gasteiger partial charge in [0.1, 0.15) is 0 Å². The Morgan fingerprint density at radius 2 is 1.55 bits per heavy atom. The van der Waals surface area contributed by atoms with E-state index in [2.05, 4.69) is 73.5 Å². The molecule has 0 N–H and O–H groups in total. The molecule has 29 heavy (non-hydrogen) atoms. The molecular formula is C25H32Cl2N2. The van der Waals surface area contributed by atoms with E-state index in [1.807, 2.05) is 0 Å². The Hall–Kier alpha value is -1.53. The van der Waals surface area contributed by atoms with E-state index < -0.39 is 0 Å². The number of alkyl halides is 2. The van der Waals surface area contributed by atoms with Crippen LogP contribution in [0.1, 0.15) is 55.7 Å². The van der Waals surface area contributed by atoms with Gasteiger partial charge in [0.05, 0.1) is 16.8 Å². The summed E-state index contributed by atoms with van der Waals surface area (Å²) in [5, 5.41) is 7.55. The zero-order valence-corrected chi connectivity index (χ0v) is 19.2. The molecule has 2 aromatic carbocycles. The van der Waals surface area contributed by atoms with Crippen LogP contribution >= 0.6 is 23.2 Å². The van der Waals surface area contributed by atoms with Gasteiger partial charge in [-0.1, -0.05) is 54.6 Å². The van der Waals surface area contributed by atoms with E-state index in [-0.39, 0.29) is 10.8 Å². The normalized spacial score (nSPS) is 21.9. The minimum atomic E-state index is 0.113. The molecule has 4 heteroatoms. The number of hydrogen-bond donors (Lipinski definition) is 0. The van der Waals surface area contributed by atoms with Gasteiger partial charge in [0.2, 0.25) is 0 Å². The Kier molecular flexibility index (Phi) is 10.0. The molecule has 1 fully saturated rings. The van der Waals surface area contributed by atoms with E-state index in [1.165, 1.54) is 30.0 Å². The van der Waals surface area contributed by atoms with Crippen molar-refractivity contribution in [2.45, 2.75) is 68.8 Å². The molecule has 3 atom stereocenters. The van der Waals surface area contributed by atoms with Crippen LogP contribution < -0.4 is 0 Å². The van der Waals surface area contributed by atoms with Crippen molar-refractivity contribution >= 4 is 23.2 Å². The predicted octanol–water partition coefficient (Wildman–Crippen LogP) is 6.76. The summed E-state index contributed by atoms with van der Waals surface area (Å²) in [6.45, 7) is 4.75. The summed E-state index contributed by atoms with van der Waals surface area (Å²) >= 11 is 12.5. The Morgan fingerprint density at radius 1 is 1.00 bits per heavy atom. The Balaban J connectivity index is 0.000000941. The summed E-state index contributed by atoms with van der Waals surface area (Å²) in [7, 11) is 2.21. The van der Waals surface area contributed by atoms with Crippen LogP contribution in [0.15, 0.2) is 54.6 Å². The van der Waals surface area contributed by atoms with Crippen LogP contribution in [-0.4, -0.2) is 28.7 Å². The molecule has 1 aliphatic rings. The van der Waals surface area contributed by atoms with Gasteiger partial charge < -0.3 is 0 Å². The van der Waals surface area contributed by atoms with Crippen LogP contribution in [-0.2, 0) is 13.0 Å². The largest absolute Gasteiger partial charge is 0.299 e. The Labute approximate surface area is 186 Å². The van der Waals surface area contributed by atoms with E-state index >= 15 is 0 Å². The average Bonchev–Trinajstić information content (AvgIpc) is 3.06. The lowest BCUT2D eigenvalue weighted by Crippen LogP contribution is -2.28. The molecule has 3 unspecified atom stereocenters. The lowest BCUT2D eigenvalue weighted by atomic mass is 9.95. The van der Waals surface area contributed by atoms with Gasteiger partial charge in [0.15, 0.2) is 0 Å². The zero-order chi connectivity index (χ0) is 21.2. The zero-order valence-electron chi connectivity index (χ0n) is 17.7. The first-order valence-electron chi connectivity index (χ1n) is 10.4. The lowest BCUT2D eigenvalue weighted by Gasteiger charge is -2.25. The van der Waals surface area contributed by atoms with Crippen molar-refractivity contribution in [3.8, 4) is 6.07 Å². The number of benzene rings is 2. The molecule has 0 bridgehead atoms. The molecular weight excluding hydrogens is 399 g/mol. The van der Waals surface area contributed by atoms with Gasteiger partial charge in [-0.15, -0.1) is 23.2 Å². The van der Waals surface area contributed by atoms with Crippen molar-refractivity contribution in [1.29, 1.82) is 5.26 Å². The third-order valence-electron chi connectivity index (χ3n) is 5.74. The third kappa shape index (κ3) is 7.67. The van der Waals surface area contributed by atoms with Crippen LogP contribution in [0.4, 0.5) is 0 Å². The molecule has 0 aromatic heterocycles. The van der Waals surface area contributed by atoms with Crippen molar-refractivity contribution in [3.05, 3.63) is 71.3 Å². The lowest BCUT2D eigenvalue weighted by molar-refractivity contribution is 0.238. The minimum absolute atomic E-state index is 0.113. The molecule has 0 saturated heterocycles. The highest BCUT2D eigenvalue weighted by Crippen LogP contribution is 2.40. The second kappa shape index (κ2) is 12.2. The molecule has 1 aliphatic carbocycles. The summed E-state index contributed by atoms with van der Waals surface area (Å²) in [6.07, 6.45) is 4.27. The molecule has 0 aliphatic heterocycles. The van der Waals surface area contributed by atoms with E-state index in [1.54, 1.807) is 6.07 Å². The van der Waals surface area contributed by atoms with Gasteiger partial charge in [-0.25, -0.2) is 0 Å². The van der Waals surface area contributed by atoms with Crippen molar-refractivity contribution in [2.75, 3.05) is 7.05 Å². The van der Waals surface area contributed by atoms with Crippen LogP contribution in [0, 0.1) is 11.3 Å². The van der Waals surface area contributed by atoms with Gasteiger partial charge >= 0.3 is 0 Å². The van der Waals surface area contributed by atoms with Crippen LogP contribution in [0.3, 0.4) is 0 Å². The standard InChI is InChI=1S/C23H29Cl2N.C2H3N/c1-17(26(2)16-19-6-4-3-5-7-19)8-9-18-10-12-20(13-11-18)21-14-22(24)23(25)15-21;1-2-3/h3-7,10-13,17,21-23H,8-9,14-16H2,1-2H3;1H3. The molecule has 0 spiro atoms. The molecule has 0 amide bonds. The van der Waals surface area contributed by atoms with E-state index in [4.69, 9.17) is 28.5 Å². The van der Waals surface area contributed by atoms with Crippen molar-refractivity contribution in [1.82, 2.24) is 4.90 Å². The number of rotatable bonds is 7. The SMILES string of the molecule is CC#N.CC(CCc1ccc(C2CC(Cl)C(Cl)C2)cc1)N(C)Cc1ccccc1.